The van der Waals surface area contributed by atoms with E-state index in [2.05, 4.69) is 37.0 Å². The first-order valence-electron chi connectivity index (χ1n) is 16.1. The van der Waals surface area contributed by atoms with Crippen molar-refractivity contribution in [1.29, 1.82) is 0 Å². The van der Waals surface area contributed by atoms with E-state index in [0.717, 1.165) is 49.8 Å². The molecule has 2 N–H and O–H groups in total. The van der Waals surface area contributed by atoms with Crippen LogP contribution in [0.2, 0.25) is 0 Å². The molecule has 3 aliphatic heterocycles. The number of nitrogens with zero attached hydrogens (tertiary/aromatic N) is 6. The number of nitrogens with one attached hydrogen (secondary N) is 2. The van der Waals surface area contributed by atoms with Crippen LogP contribution in [-0.2, 0) is 11.3 Å². The topological polar surface area (TPSA) is 106 Å². The highest BCUT2D eigenvalue weighted by atomic mass is 19.4. The van der Waals surface area contributed by atoms with E-state index in [1.54, 1.807) is 12.1 Å². The number of anilines is 5. The van der Waals surface area contributed by atoms with Crippen molar-refractivity contribution in [1.82, 2.24) is 19.8 Å². The van der Waals surface area contributed by atoms with Gasteiger partial charge in [-0.05, 0) is 57.8 Å². The smallest absolute Gasteiger partial charge is 0.408 e. The minimum Gasteiger partial charge on any atom is -0.494 e. The second kappa shape index (κ2) is 13.0. The molecule has 11 nitrogen and oxygen atoms in total. The van der Waals surface area contributed by atoms with Crippen LogP contribution in [0.4, 0.5) is 55.6 Å². The highest BCUT2D eigenvalue weighted by Crippen LogP contribution is 2.43. The third kappa shape index (κ3) is 6.71. The van der Waals surface area contributed by atoms with Gasteiger partial charge in [0.25, 0.3) is 0 Å². The predicted molar refractivity (Wildman–Crippen MR) is 170 cm³/mol. The summed E-state index contributed by atoms with van der Waals surface area (Å²) in [5, 5.41) is 5.92. The van der Waals surface area contributed by atoms with Crippen LogP contribution in [0.5, 0.6) is 5.75 Å². The lowest BCUT2D eigenvalue weighted by Crippen LogP contribution is -2.59. The van der Waals surface area contributed by atoms with Crippen molar-refractivity contribution < 1.29 is 36.3 Å². The van der Waals surface area contributed by atoms with Gasteiger partial charge < -0.3 is 25.2 Å². The molecule has 1 atom stereocenters. The second-order valence-corrected chi connectivity index (χ2v) is 12.8. The Balaban J connectivity index is 1.31. The van der Waals surface area contributed by atoms with Crippen LogP contribution in [-0.4, -0.2) is 95.2 Å². The van der Waals surface area contributed by atoms with Gasteiger partial charge in [-0.25, -0.2) is 18.6 Å². The van der Waals surface area contributed by atoms with Crippen LogP contribution < -0.4 is 25.2 Å². The summed E-state index contributed by atoms with van der Waals surface area (Å²) in [4.78, 5) is 41.3. The molecule has 1 aromatic heterocycles. The largest absolute Gasteiger partial charge is 0.494 e. The molecule has 1 aliphatic carbocycles. The van der Waals surface area contributed by atoms with Crippen molar-refractivity contribution in [2.75, 3.05) is 53.7 Å². The molecule has 2 saturated heterocycles. The van der Waals surface area contributed by atoms with Crippen molar-refractivity contribution in [3.63, 3.8) is 0 Å². The summed E-state index contributed by atoms with van der Waals surface area (Å²) in [6.45, 7) is 7.73. The summed E-state index contributed by atoms with van der Waals surface area (Å²) in [5.41, 5.74) is 1.85. The number of urea groups is 1. The van der Waals surface area contributed by atoms with E-state index in [1.807, 2.05) is 0 Å². The maximum absolute atomic E-state index is 14.1. The van der Waals surface area contributed by atoms with Gasteiger partial charge in [-0.15, -0.1) is 0 Å². The second-order valence-electron chi connectivity index (χ2n) is 12.8. The molecule has 2 aromatic rings. The zero-order chi connectivity index (χ0) is 34.4. The number of benzene rings is 1. The van der Waals surface area contributed by atoms with Crippen molar-refractivity contribution in [2.24, 2.45) is 0 Å². The van der Waals surface area contributed by atoms with Gasteiger partial charge in [0, 0.05) is 55.8 Å². The number of carbonyl (C=O) groups excluding carboxylic acids is 2. The molecule has 1 saturated carbocycles. The summed E-state index contributed by atoms with van der Waals surface area (Å²) in [7, 11) is 1.48. The Labute approximate surface area is 275 Å². The van der Waals surface area contributed by atoms with Crippen LogP contribution in [0.3, 0.4) is 0 Å². The first kappa shape index (κ1) is 33.7. The number of carbonyl (C=O) groups is 2. The van der Waals surface area contributed by atoms with Gasteiger partial charge in [-0.1, -0.05) is 6.58 Å². The summed E-state index contributed by atoms with van der Waals surface area (Å²) < 4.78 is 75.1. The molecule has 6 rings (SSSR count). The minimum atomic E-state index is -4.70. The Hall–Kier alpha value is -4.21. The van der Waals surface area contributed by atoms with E-state index < -0.39 is 55.5 Å². The number of likely N-dealkylation sites (tertiary alicyclic amines) is 1. The molecule has 0 bridgehead atoms. The molecule has 4 heterocycles. The van der Waals surface area contributed by atoms with E-state index in [0.29, 0.717) is 28.1 Å². The number of hydrogen-bond donors (Lipinski definition) is 2. The first-order valence-corrected chi connectivity index (χ1v) is 16.1. The van der Waals surface area contributed by atoms with Gasteiger partial charge in [0.1, 0.15) is 17.6 Å². The molecule has 3 amide bonds. The van der Waals surface area contributed by atoms with Crippen LogP contribution >= 0.6 is 0 Å². The molecule has 0 unspecified atom stereocenters. The number of amides is 3. The third-order valence-electron chi connectivity index (χ3n) is 9.72. The molecular formula is C32H39F5N8O3. The zero-order valence-electron chi connectivity index (χ0n) is 26.8. The van der Waals surface area contributed by atoms with E-state index in [4.69, 9.17) is 4.74 Å². The number of ether oxygens (including phenoxy) is 1. The number of rotatable bonds is 9. The van der Waals surface area contributed by atoms with Gasteiger partial charge in [0.05, 0.1) is 30.7 Å². The molecule has 48 heavy (non-hydrogen) atoms. The van der Waals surface area contributed by atoms with E-state index in [-0.39, 0.29) is 30.2 Å². The highest BCUT2D eigenvalue weighted by molar-refractivity contribution is 6.02. The summed E-state index contributed by atoms with van der Waals surface area (Å²) in [5.74, 6) is -2.88. The van der Waals surface area contributed by atoms with Gasteiger partial charge in [-0.2, -0.15) is 18.2 Å². The standard InChI is InChI=1S/C32H39F5N8O3/c1-4-27(46)39-23-13-24(26(48-3)14-25(23)43-17-22(18-43)42-11-5-6-12-42)40-29-38-15-20-16-44(19(2)32(35,36)37)30(47)45(28(20)41-29)21-7-9-31(33,34)10-8-21/h4,13-15,19,21-22H,1,5-12,16-18H2,2-3H3,(H,39,46)(H,38,40,41)/t19-/m0/s1. The molecule has 1 aromatic carbocycles. The average Bonchev–Trinajstić information content (AvgIpc) is 3.55. The van der Waals surface area contributed by atoms with E-state index >= 15 is 0 Å². The van der Waals surface area contributed by atoms with Gasteiger partial charge in [-0.3, -0.25) is 14.6 Å². The molecule has 16 heteroatoms. The third-order valence-corrected chi connectivity index (χ3v) is 9.72. The van der Waals surface area contributed by atoms with Crippen molar-refractivity contribution in [2.45, 2.75) is 82.2 Å². The summed E-state index contributed by atoms with van der Waals surface area (Å²) >= 11 is 0. The molecule has 0 radical (unpaired) electrons. The van der Waals surface area contributed by atoms with Gasteiger partial charge in [0.2, 0.25) is 17.8 Å². The molecular weight excluding hydrogens is 639 g/mol. The Bertz CT molecular complexity index is 1550. The zero-order valence-corrected chi connectivity index (χ0v) is 26.8. The maximum atomic E-state index is 14.1. The van der Waals surface area contributed by atoms with Crippen LogP contribution in [0, 0.1) is 0 Å². The Morgan fingerprint density at radius 2 is 1.81 bits per heavy atom. The summed E-state index contributed by atoms with van der Waals surface area (Å²) in [6, 6.07) is 0.0171. The fourth-order valence-electron chi connectivity index (χ4n) is 6.84. The number of aromatic nitrogens is 2. The lowest BCUT2D eigenvalue weighted by atomic mass is 9.90. The quantitative estimate of drug-likeness (QED) is 0.249. The molecule has 3 fully saturated rings. The van der Waals surface area contributed by atoms with Crippen molar-refractivity contribution in [3.8, 4) is 5.75 Å². The average molecular weight is 679 g/mol. The minimum absolute atomic E-state index is 0.00453. The Morgan fingerprint density at radius 3 is 2.44 bits per heavy atom. The fraction of sp³-hybridized carbons (Fsp3) is 0.562. The number of fused-ring (bicyclic) bond motifs is 1. The molecule has 260 valence electrons. The maximum Gasteiger partial charge on any atom is 0.408 e. The Morgan fingerprint density at radius 1 is 1.12 bits per heavy atom. The number of methoxy groups -OCH3 is 1. The lowest BCUT2D eigenvalue weighted by Gasteiger charge is -2.46. The predicted octanol–water partition coefficient (Wildman–Crippen LogP) is 5.91. The molecule has 4 aliphatic rings. The Kier molecular flexibility index (Phi) is 9.13. The highest BCUT2D eigenvalue weighted by Gasteiger charge is 2.48. The van der Waals surface area contributed by atoms with Crippen LogP contribution in [0.1, 0.15) is 51.0 Å². The van der Waals surface area contributed by atoms with Crippen LogP contribution in [0.15, 0.2) is 31.0 Å². The number of hydrogen-bond acceptors (Lipinski definition) is 8. The van der Waals surface area contributed by atoms with Crippen molar-refractivity contribution in [3.05, 3.63) is 36.5 Å². The first-order chi connectivity index (χ1) is 22.8. The fourth-order valence-corrected chi connectivity index (χ4v) is 6.84. The van der Waals surface area contributed by atoms with E-state index in [9.17, 15) is 31.5 Å². The van der Waals surface area contributed by atoms with E-state index in [1.165, 1.54) is 26.1 Å². The number of alkyl halides is 5. The lowest BCUT2D eigenvalue weighted by molar-refractivity contribution is -0.172. The summed E-state index contributed by atoms with van der Waals surface area (Å²) in [6.07, 6.45) is -1.04. The van der Waals surface area contributed by atoms with Crippen molar-refractivity contribution >= 4 is 40.8 Å². The SMILES string of the molecule is C=CC(=O)Nc1cc(Nc2ncc3c(n2)N(C2CCC(F)(F)CC2)C(=O)N([C@@H](C)C(F)(F)F)C3)c(OC)cc1N1CC(N2CCCC2)C1. The monoisotopic (exact) mass is 678 g/mol. The molecule has 0 spiro atoms. The van der Waals surface area contributed by atoms with Crippen LogP contribution in [0.25, 0.3) is 0 Å². The van der Waals surface area contributed by atoms with Gasteiger partial charge >= 0.3 is 12.2 Å². The van der Waals surface area contributed by atoms with Gasteiger partial charge in [0.15, 0.2) is 0 Å². The number of halogens is 5. The normalized spacial score (nSPS) is 21.1.